The molecule has 2 aromatic rings. The van der Waals surface area contributed by atoms with E-state index in [4.69, 9.17) is 5.11 Å². The Morgan fingerprint density at radius 3 is 3.00 bits per heavy atom. The Morgan fingerprint density at radius 1 is 1.44 bits per heavy atom. The second-order valence-corrected chi connectivity index (χ2v) is 3.82. The molecule has 0 bridgehead atoms. The number of aromatic nitrogens is 3. The van der Waals surface area contributed by atoms with Crippen molar-refractivity contribution in [1.29, 1.82) is 0 Å². The number of nitrogens with one attached hydrogen (secondary N) is 1. The van der Waals surface area contributed by atoms with Crippen molar-refractivity contribution < 1.29 is 9.90 Å². The summed E-state index contributed by atoms with van der Waals surface area (Å²) in [6, 6.07) is 3.22. The van der Waals surface area contributed by atoms with Crippen LogP contribution in [0.25, 0.3) is 0 Å². The first-order valence-corrected chi connectivity index (χ1v) is 5.23. The minimum Gasteiger partial charge on any atom is -0.477 e. The molecule has 0 saturated carbocycles. The Kier molecular flexibility index (Phi) is 3.06. The van der Waals surface area contributed by atoms with E-state index in [0.29, 0.717) is 12.5 Å². The molecule has 0 unspecified atom stereocenters. The van der Waals surface area contributed by atoms with Crippen molar-refractivity contribution in [2.45, 2.75) is 6.54 Å². The molecule has 16 heavy (non-hydrogen) atoms. The predicted octanol–water partition coefficient (Wildman–Crippen LogP) is 1.24. The number of hydrogen-bond donors (Lipinski definition) is 2. The quantitative estimate of drug-likeness (QED) is 0.830. The van der Waals surface area contributed by atoms with Gasteiger partial charge in [-0.1, -0.05) is 0 Å². The van der Waals surface area contributed by atoms with E-state index in [1.54, 1.807) is 6.20 Å². The largest absolute Gasteiger partial charge is 0.477 e. The SMILES string of the molecule is O=C(O)c1ccnc(NCc2ccns2)n1. The molecule has 0 spiro atoms. The van der Waals surface area contributed by atoms with Crippen LogP contribution in [0.15, 0.2) is 24.5 Å². The first kappa shape index (κ1) is 10.5. The Labute approximate surface area is 95.2 Å². The lowest BCUT2D eigenvalue weighted by Gasteiger charge is -2.02. The van der Waals surface area contributed by atoms with E-state index >= 15 is 0 Å². The molecule has 2 N–H and O–H groups in total. The van der Waals surface area contributed by atoms with Crippen LogP contribution in [0.1, 0.15) is 15.4 Å². The molecular formula is C9H8N4O2S. The predicted molar refractivity (Wildman–Crippen MR) is 58.4 cm³/mol. The lowest BCUT2D eigenvalue weighted by atomic mass is 10.4. The molecule has 0 aliphatic heterocycles. The summed E-state index contributed by atoms with van der Waals surface area (Å²) >= 11 is 1.37. The summed E-state index contributed by atoms with van der Waals surface area (Å²) < 4.78 is 3.95. The van der Waals surface area contributed by atoms with Gasteiger partial charge in [0.15, 0.2) is 5.69 Å². The molecular weight excluding hydrogens is 228 g/mol. The third-order valence-corrected chi connectivity index (χ3v) is 2.53. The average Bonchev–Trinajstić information content (AvgIpc) is 2.79. The maximum Gasteiger partial charge on any atom is 0.354 e. The van der Waals surface area contributed by atoms with Gasteiger partial charge in [0.25, 0.3) is 0 Å². The number of aromatic carboxylic acids is 1. The molecule has 0 atom stereocenters. The number of rotatable bonds is 4. The van der Waals surface area contributed by atoms with Crippen molar-refractivity contribution in [3.05, 3.63) is 35.1 Å². The van der Waals surface area contributed by atoms with Gasteiger partial charge < -0.3 is 10.4 Å². The Balaban J connectivity index is 2.04. The van der Waals surface area contributed by atoms with Crippen molar-refractivity contribution in [2.24, 2.45) is 0 Å². The van der Waals surface area contributed by atoms with E-state index in [-0.39, 0.29) is 5.69 Å². The third kappa shape index (κ3) is 2.51. The van der Waals surface area contributed by atoms with Crippen molar-refractivity contribution in [3.63, 3.8) is 0 Å². The lowest BCUT2D eigenvalue weighted by molar-refractivity contribution is 0.0690. The van der Waals surface area contributed by atoms with Crippen molar-refractivity contribution in [2.75, 3.05) is 5.32 Å². The van der Waals surface area contributed by atoms with Crippen LogP contribution in [0, 0.1) is 0 Å². The van der Waals surface area contributed by atoms with E-state index in [1.807, 2.05) is 6.07 Å². The van der Waals surface area contributed by atoms with Gasteiger partial charge in [-0.25, -0.2) is 19.1 Å². The zero-order valence-corrected chi connectivity index (χ0v) is 8.94. The Hall–Kier alpha value is -2.02. The zero-order chi connectivity index (χ0) is 11.4. The number of anilines is 1. The Morgan fingerprint density at radius 2 is 2.31 bits per heavy atom. The summed E-state index contributed by atoms with van der Waals surface area (Å²) in [5.41, 5.74) is -0.0261. The van der Waals surface area contributed by atoms with E-state index < -0.39 is 5.97 Å². The summed E-state index contributed by atoms with van der Waals surface area (Å²) in [6.07, 6.45) is 3.11. The van der Waals surface area contributed by atoms with Crippen LogP contribution in [0.2, 0.25) is 0 Å². The maximum absolute atomic E-state index is 10.7. The minimum atomic E-state index is -1.07. The normalized spacial score (nSPS) is 10.0. The zero-order valence-electron chi connectivity index (χ0n) is 8.12. The molecule has 0 radical (unpaired) electrons. The number of nitrogens with zero attached hydrogens (tertiary/aromatic N) is 3. The highest BCUT2D eigenvalue weighted by Crippen LogP contribution is 2.07. The van der Waals surface area contributed by atoms with Gasteiger partial charge in [-0.05, 0) is 23.7 Å². The van der Waals surface area contributed by atoms with Crippen LogP contribution in [-0.4, -0.2) is 25.4 Å². The minimum absolute atomic E-state index is 0.0261. The molecule has 6 nitrogen and oxygen atoms in total. The molecule has 7 heteroatoms. The first-order valence-electron chi connectivity index (χ1n) is 4.45. The van der Waals surface area contributed by atoms with Crippen LogP contribution in [0.5, 0.6) is 0 Å². The van der Waals surface area contributed by atoms with Crippen LogP contribution in [0.4, 0.5) is 5.95 Å². The monoisotopic (exact) mass is 236 g/mol. The van der Waals surface area contributed by atoms with Crippen LogP contribution >= 0.6 is 11.5 Å². The highest BCUT2D eigenvalue weighted by atomic mass is 32.1. The molecule has 0 aliphatic carbocycles. The highest BCUT2D eigenvalue weighted by Gasteiger charge is 2.05. The molecule has 0 aromatic carbocycles. The van der Waals surface area contributed by atoms with Gasteiger partial charge in [0.1, 0.15) is 0 Å². The smallest absolute Gasteiger partial charge is 0.354 e. The fourth-order valence-corrected chi connectivity index (χ4v) is 1.58. The van der Waals surface area contributed by atoms with Gasteiger partial charge in [0, 0.05) is 17.3 Å². The standard InChI is InChI=1S/C9H8N4O2S/c14-8(15)7-2-3-10-9(13-7)11-5-6-1-4-12-16-6/h1-4H,5H2,(H,14,15)(H,10,11,13). The first-order chi connectivity index (χ1) is 7.75. The fraction of sp³-hybridized carbons (Fsp3) is 0.111. The molecule has 0 saturated heterocycles. The topological polar surface area (TPSA) is 88.0 Å². The van der Waals surface area contributed by atoms with Crippen molar-refractivity contribution in [1.82, 2.24) is 14.3 Å². The molecule has 0 aliphatic rings. The molecule has 0 fully saturated rings. The third-order valence-electron chi connectivity index (χ3n) is 1.79. The second-order valence-electron chi connectivity index (χ2n) is 2.90. The van der Waals surface area contributed by atoms with Gasteiger partial charge in [0.05, 0.1) is 6.54 Å². The number of carboxylic acid groups (broad SMARTS) is 1. The number of hydrogen-bond acceptors (Lipinski definition) is 6. The number of carbonyl (C=O) groups is 1. The van der Waals surface area contributed by atoms with Gasteiger partial charge in [-0.3, -0.25) is 0 Å². The van der Waals surface area contributed by atoms with Crippen LogP contribution in [-0.2, 0) is 6.54 Å². The molecule has 2 aromatic heterocycles. The highest BCUT2D eigenvalue weighted by molar-refractivity contribution is 7.05. The van der Waals surface area contributed by atoms with Crippen molar-refractivity contribution in [3.8, 4) is 0 Å². The maximum atomic E-state index is 10.7. The fourth-order valence-electron chi connectivity index (χ4n) is 1.06. The summed E-state index contributed by atoms with van der Waals surface area (Å²) in [7, 11) is 0. The van der Waals surface area contributed by atoms with Crippen molar-refractivity contribution >= 4 is 23.5 Å². The van der Waals surface area contributed by atoms with E-state index in [2.05, 4.69) is 19.7 Å². The summed E-state index contributed by atoms with van der Waals surface area (Å²) in [4.78, 5) is 19.4. The van der Waals surface area contributed by atoms with Crippen LogP contribution in [0.3, 0.4) is 0 Å². The summed E-state index contributed by atoms with van der Waals surface area (Å²) in [6.45, 7) is 0.535. The van der Waals surface area contributed by atoms with Gasteiger partial charge in [-0.2, -0.15) is 0 Å². The molecule has 2 rings (SSSR count). The molecule has 82 valence electrons. The summed E-state index contributed by atoms with van der Waals surface area (Å²) in [5.74, 6) is -0.767. The van der Waals surface area contributed by atoms with E-state index in [9.17, 15) is 4.79 Å². The lowest BCUT2D eigenvalue weighted by Crippen LogP contribution is -2.06. The van der Waals surface area contributed by atoms with E-state index in [0.717, 1.165) is 4.88 Å². The van der Waals surface area contributed by atoms with Gasteiger partial charge in [-0.15, -0.1) is 0 Å². The molecule has 2 heterocycles. The molecule has 0 amide bonds. The van der Waals surface area contributed by atoms with Gasteiger partial charge >= 0.3 is 5.97 Å². The van der Waals surface area contributed by atoms with Crippen LogP contribution < -0.4 is 5.32 Å². The van der Waals surface area contributed by atoms with Gasteiger partial charge in [0.2, 0.25) is 5.95 Å². The number of carboxylic acids is 1. The Bertz CT molecular complexity index is 486. The summed E-state index contributed by atoms with van der Waals surface area (Å²) in [5, 5.41) is 11.7. The second kappa shape index (κ2) is 4.67. The van der Waals surface area contributed by atoms with E-state index in [1.165, 1.54) is 23.8 Å². The average molecular weight is 236 g/mol.